The van der Waals surface area contributed by atoms with Crippen LogP contribution in [0.3, 0.4) is 0 Å². The molecule has 59 heavy (non-hydrogen) atoms. The van der Waals surface area contributed by atoms with Crippen molar-refractivity contribution in [1.29, 1.82) is 0 Å². The summed E-state index contributed by atoms with van der Waals surface area (Å²) in [5.41, 5.74) is 18.4. The van der Waals surface area contributed by atoms with E-state index < -0.39 is 0 Å². The van der Waals surface area contributed by atoms with Crippen LogP contribution in [0.25, 0.3) is 65.6 Å². The van der Waals surface area contributed by atoms with E-state index in [0.29, 0.717) is 0 Å². The molecule has 12 aromatic rings. The Morgan fingerprint density at radius 2 is 0.966 bits per heavy atom. The van der Waals surface area contributed by atoms with Crippen LogP contribution in [0.1, 0.15) is 0 Å². The van der Waals surface area contributed by atoms with Gasteiger partial charge in [0.25, 0.3) is 6.71 Å². The third kappa shape index (κ3) is 3.99. The molecule has 2 aliphatic rings. The quantitative estimate of drug-likeness (QED) is 0.167. The molecule has 0 N–H and O–H groups in total. The zero-order valence-electron chi connectivity index (χ0n) is 31.9. The van der Waals surface area contributed by atoms with Crippen molar-refractivity contribution < 1.29 is 0 Å². The standard InChI is InChI=1S/C54H33BN4/c1-4-16-34(17-5-1)56(35-18-6-2-7-19-35)37-32-48-51-49(33-37)59-53-40(24-15-27-44(53)55(51)43-26-11-13-29-46(43)57(48)36-20-8-3-9-21-36)41-30-31-47-50(54(41)59)42-25-14-23-39-38-22-10-12-28-45(38)58(47)52(39)42/h1-33H. The SMILES string of the molecule is c1ccc(N(c2ccccc2)c2cc3c4c(c2)-n2c5c(cccc5c5ccc6c(c7cccc8c9ccccc9n6c87)c52)B4c2ccccc2N3c2ccccc2)cc1. The van der Waals surface area contributed by atoms with Crippen molar-refractivity contribution in [3.8, 4) is 5.69 Å². The first kappa shape index (κ1) is 31.3. The average Bonchev–Trinajstić information content (AvgIpc) is 3.95. The number of anilines is 6. The molecule has 0 bridgehead atoms. The first-order valence-electron chi connectivity index (χ1n) is 20.5. The monoisotopic (exact) mass is 748 g/mol. The van der Waals surface area contributed by atoms with Gasteiger partial charge in [-0.25, -0.2) is 0 Å². The first-order chi connectivity index (χ1) is 29.3. The highest BCUT2D eigenvalue weighted by Crippen LogP contribution is 2.48. The van der Waals surface area contributed by atoms with Gasteiger partial charge >= 0.3 is 0 Å². The number of hydrogen-bond acceptors (Lipinski definition) is 2. The lowest BCUT2D eigenvalue weighted by molar-refractivity contribution is 1.17. The van der Waals surface area contributed by atoms with Gasteiger partial charge in [0.15, 0.2) is 0 Å². The molecule has 272 valence electrons. The molecule has 2 aliphatic heterocycles. The summed E-state index contributed by atoms with van der Waals surface area (Å²) in [6.07, 6.45) is 0. The van der Waals surface area contributed by atoms with Crippen LogP contribution in [-0.4, -0.2) is 15.7 Å². The predicted octanol–water partition coefficient (Wildman–Crippen LogP) is 12.0. The Bertz CT molecular complexity index is 3640. The largest absolute Gasteiger partial charge is 0.311 e. The molecule has 0 unspecified atom stereocenters. The molecule has 0 saturated carbocycles. The fourth-order valence-corrected chi connectivity index (χ4v) is 11.0. The first-order valence-corrected chi connectivity index (χ1v) is 20.5. The fourth-order valence-electron chi connectivity index (χ4n) is 11.0. The summed E-state index contributed by atoms with van der Waals surface area (Å²) in [6, 6.07) is 74.0. The van der Waals surface area contributed by atoms with Crippen LogP contribution < -0.4 is 26.2 Å². The highest BCUT2D eigenvalue weighted by Gasteiger charge is 2.43. The van der Waals surface area contributed by atoms with Crippen LogP contribution in [-0.2, 0) is 0 Å². The van der Waals surface area contributed by atoms with Crippen molar-refractivity contribution in [2.75, 3.05) is 9.80 Å². The van der Waals surface area contributed by atoms with E-state index in [1.54, 1.807) is 0 Å². The Balaban J connectivity index is 1.20. The summed E-state index contributed by atoms with van der Waals surface area (Å²) in [6.45, 7) is 0.0434. The lowest BCUT2D eigenvalue weighted by Crippen LogP contribution is -2.60. The number of benzene rings is 9. The van der Waals surface area contributed by atoms with Crippen molar-refractivity contribution in [3.05, 3.63) is 200 Å². The second-order valence-corrected chi connectivity index (χ2v) is 16.1. The molecule has 5 heterocycles. The van der Waals surface area contributed by atoms with E-state index in [4.69, 9.17) is 0 Å². The van der Waals surface area contributed by atoms with Gasteiger partial charge in [-0.1, -0.05) is 133 Å². The average molecular weight is 749 g/mol. The van der Waals surface area contributed by atoms with Crippen molar-refractivity contribution in [1.82, 2.24) is 8.97 Å². The Labute approximate surface area is 340 Å². The maximum Gasteiger partial charge on any atom is 0.252 e. The summed E-state index contributed by atoms with van der Waals surface area (Å²) in [4.78, 5) is 4.92. The van der Waals surface area contributed by atoms with E-state index in [1.165, 1.54) is 93.4 Å². The minimum atomic E-state index is 0.0434. The molecule has 0 fully saturated rings. The topological polar surface area (TPSA) is 15.8 Å². The van der Waals surface area contributed by atoms with Crippen molar-refractivity contribution in [3.63, 3.8) is 0 Å². The van der Waals surface area contributed by atoms with Gasteiger partial charge in [-0.3, -0.25) is 0 Å². The minimum Gasteiger partial charge on any atom is -0.311 e. The summed E-state index contributed by atoms with van der Waals surface area (Å²) in [5.74, 6) is 0. The van der Waals surface area contributed by atoms with Gasteiger partial charge in [-0.15, -0.1) is 0 Å². The number of nitrogens with zero attached hydrogens (tertiary/aromatic N) is 4. The van der Waals surface area contributed by atoms with Gasteiger partial charge in [-0.2, -0.15) is 0 Å². The summed E-state index contributed by atoms with van der Waals surface area (Å²) >= 11 is 0. The van der Waals surface area contributed by atoms with Gasteiger partial charge in [0.2, 0.25) is 0 Å². The lowest BCUT2D eigenvalue weighted by atomic mass is 9.34. The van der Waals surface area contributed by atoms with Crippen LogP contribution >= 0.6 is 0 Å². The van der Waals surface area contributed by atoms with Crippen molar-refractivity contribution in [2.45, 2.75) is 0 Å². The summed E-state index contributed by atoms with van der Waals surface area (Å²) in [5, 5.41) is 7.75. The summed E-state index contributed by atoms with van der Waals surface area (Å²) in [7, 11) is 0. The molecular formula is C54H33BN4. The molecule has 3 aromatic heterocycles. The number of para-hydroxylation sites is 7. The van der Waals surface area contributed by atoms with Crippen LogP contribution in [0.5, 0.6) is 0 Å². The number of hydrogen-bond donors (Lipinski definition) is 0. The molecular weight excluding hydrogens is 715 g/mol. The molecule has 0 radical (unpaired) electrons. The predicted molar refractivity (Wildman–Crippen MR) is 249 cm³/mol. The number of fused-ring (bicyclic) bond motifs is 14. The Kier molecular flexibility index (Phi) is 6.07. The second-order valence-electron chi connectivity index (χ2n) is 16.1. The molecule has 14 rings (SSSR count). The highest BCUT2D eigenvalue weighted by molar-refractivity contribution is 7.00. The second kappa shape index (κ2) is 11.4. The van der Waals surface area contributed by atoms with Crippen LogP contribution in [0, 0.1) is 0 Å². The van der Waals surface area contributed by atoms with Gasteiger partial charge in [0.05, 0.1) is 27.8 Å². The zero-order valence-corrected chi connectivity index (χ0v) is 31.9. The Morgan fingerprint density at radius 1 is 0.373 bits per heavy atom. The van der Waals surface area contributed by atoms with Gasteiger partial charge in [-0.05, 0) is 83.1 Å². The fraction of sp³-hybridized carbons (Fsp3) is 0. The van der Waals surface area contributed by atoms with Crippen LogP contribution in [0.4, 0.5) is 34.1 Å². The van der Waals surface area contributed by atoms with E-state index in [-0.39, 0.29) is 6.71 Å². The van der Waals surface area contributed by atoms with E-state index >= 15 is 0 Å². The maximum atomic E-state index is 2.65. The highest BCUT2D eigenvalue weighted by atomic mass is 15.2. The molecule has 0 amide bonds. The zero-order chi connectivity index (χ0) is 38.3. The third-order valence-corrected chi connectivity index (χ3v) is 13.2. The number of rotatable bonds is 4. The smallest absolute Gasteiger partial charge is 0.252 e. The molecule has 0 spiro atoms. The van der Waals surface area contributed by atoms with Gasteiger partial charge in [0.1, 0.15) is 0 Å². The summed E-state index contributed by atoms with van der Waals surface area (Å²) < 4.78 is 5.16. The van der Waals surface area contributed by atoms with Crippen LogP contribution in [0.2, 0.25) is 0 Å². The molecule has 4 nitrogen and oxygen atoms in total. The van der Waals surface area contributed by atoms with E-state index in [0.717, 1.165) is 22.7 Å². The molecule has 0 saturated heterocycles. The molecule has 0 atom stereocenters. The van der Waals surface area contributed by atoms with Gasteiger partial charge in [0, 0.05) is 72.0 Å². The van der Waals surface area contributed by atoms with Crippen molar-refractivity contribution in [2.24, 2.45) is 0 Å². The normalized spacial score (nSPS) is 13.0. The van der Waals surface area contributed by atoms with E-state index in [2.05, 4.69) is 219 Å². The molecule has 5 heteroatoms. The Hall–Kier alpha value is -7.76. The number of aromatic nitrogens is 2. The maximum absolute atomic E-state index is 2.65. The Morgan fingerprint density at radius 3 is 1.76 bits per heavy atom. The minimum absolute atomic E-state index is 0.0434. The lowest BCUT2D eigenvalue weighted by Gasteiger charge is -2.41. The van der Waals surface area contributed by atoms with Gasteiger partial charge < -0.3 is 18.8 Å². The van der Waals surface area contributed by atoms with E-state index in [9.17, 15) is 0 Å². The molecule has 9 aromatic carbocycles. The van der Waals surface area contributed by atoms with Crippen molar-refractivity contribution >= 4 is 117 Å². The third-order valence-electron chi connectivity index (χ3n) is 13.2. The van der Waals surface area contributed by atoms with E-state index in [1.807, 2.05) is 0 Å². The molecule has 0 aliphatic carbocycles. The van der Waals surface area contributed by atoms with Crippen LogP contribution in [0.15, 0.2) is 200 Å².